The van der Waals surface area contributed by atoms with E-state index in [1.807, 2.05) is 0 Å². The van der Waals surface area contributed by atoms with Gasteiger partial charge in [0.05, 0.1) is 0 Å². The van der Waals surface area contributed by atoms with E-state index in [1.165, 1.54) is 0 Å². The average molecular weight is 161 g/mol. The maximum atomic E-state index is 9.93. The molecule has 0 fully saturated rings. The second-order valence-electron chi connectivity index (χ2n) is 1.39. The zero-order valence-corrected chi connectivity index (χ0v) is 6.28. The Morgan fingerprint density at radius 2 is 1.88 bits per heavy atom. The molecule has 52 valence electrons. The molecule has 0 radical (unpaired) electrons. The normalized spacial score (nSPS) is 10.4. The lowest BCUT2D eigenvalue weighted by molar-refractivity contribution is 0.372. The van der Waals surface area contributed by atoms with Gasteiger partial charge < -0.3 is 9.79 Å². The molecular weight excluding hydrogens is 150 g/mol. The minimum atomic E-state index is -3.67. The lowest BCUT2D eigenvalue weighted by Gasteiger charge is -1.96. The second-order valence-corrected chi connectivity index (χ2v) is 3.16. The molecule has 0 atom stereocenters. The van der Waals surface area contributed by atoms with E-state index in [0.717, 1.165) is 0 Å². The largest absolute Gasteiger partial charge is 0.325 e. The predicted molar refractivity (Wildman–Crippen MR) is 34.5 cm³/mol. The van der Waals surface area contributed by atoms with Crippen LogP contribution in [0.4, 0.5) is 0 Å². The van der Waals surface area contributed by atoms with Gasteiger partial charge in [-0.05, 0) is 6.42 Å². The number of hydrogen-bond donors (Lipinski definition) is 2. The Morgan fingerprint density at radius 1 is 1.50 bits per heavy atom. The standard InChI is InChI=1S/C3H9O3P.ClH/c1-2-3-7(4,5)6;/h2-3H2,1H3,(H2,4,5,6);1H. The predicted octanol–water partition coefficient (Wildman–Crippen LogP) is 0.996. The Hall–Kier alpha value is 0.440. The van der Waals surface area contributed by atoms with Gasteiger partial charge in [-0.15, -0.1) is 12.4 Å². The maximum Gasteiger partial charge on any atom is 0.325 e. The molecule has 3 nitrogen and oxygen atoms in total. The van der Waals surface area contributed by atoms with Crippen molar-refractivity contribution in [2.75, 3.05) is 6.16 Å². The topological polar surface area (TPSA) is 57.5 Å². The van der Waals surface area contributed by atoms with Crippen LogP contribution in [0.5, 0.6) is 0 Å². The first-order valence-electron chi connectivity index (χ1n) is 2.11. The average Bonchev–Trinajstić information content (AvgIpc) is 1.30. The molecule has 0 aromatic carbocycles. The van der Waals surface area contributed by atoms with Crippen LogP contribution < -0.4 is 0 Å². The molecule has 0 aromatic rings. The van der Waals surface area contributed by atoms with E-state index in [9.17, 15) is 4.57 Å². The van der Waals surface area contributed by atoms with Crippen LogP contribution in [0.2, 0.25) is 0 Å². The fraction of sp³-hybridized carbons (Fsp3) is 1.00. The van der Waals surface area contributed by atoms with Gasteiger partial charge in [0, 0.05) is 6.16 Å². The molecule has 2 N–H and O–H groups in total. The van der Waals surface area contributed by atoms with Crippen LogP contribution in [0.1, 0.15) is 13.3 Å². The minimum Gasteiger partial charge on any atom is -0.324 e. The van der Waals surface area contributed by atoms with E-state index in [-0.39, 0.29) is 18.6 Å². The van der Waals surface area contributed by atoms with Gasteiger partial charge in [-0.1, -0.05) is 6.92 Å². The molecule has 0 spiro atoms. The molecule has 8 heavy (non-hydrogen) atoms. The van der Waals surface area contributed by atoms with Gasteiger partial charge in [-0.3, -0.25) is 4.57 Å². The van der Waals surface area contributed by atoms with Crippen LogP contribution in [0, 0.1) is 0 Å². The highest BCUT2D eigenvalue weighted by atomic mass is 35.5. The highest BCUT2D eigenvalue weighted by Gasteiger charge is 2.08. The summed E-state index contributed by atoms with van der Waals surface area (Å²) >= 11 is 0. The number of halogens is 1. The van der Waals surface area contributed by atoms with Gasteiger partial charge in [0.2, 0.25) is 0 Å². The van der Waals surface area contributed by atoms with Crippen molar-refractivity contribution in [3.8, 4) is 0 Å². The molecule has 0 aliphatic carbocycles. The third-order valence-corrected chi connectivity index (χ3v) is 1.54. The van der Waals surface area contributed by atoms with Crippen LogP contribution in [-0.2, 0) is 4.57 Å². The zero-order valence-electron chi connectivity index (χ0n) is 4.57. The van der Waals surface area contributed by atoms with E-state index >= 15 is 0 Å². The van der Waals surface area contributed by atoms with Crippen molar-refractivity contribution in [1.29, 1.82) is 0 Å². The van der Waals surface area contributed by atoms with E-state index in [2.05, 4.69) is 0 Å². The quantitative estimate of drug-likeness (QED) is 0.593. The van der Waals surface area contributed by atoms with Gasteiger partial charge in [-0.25, -0.2) is 0 Å². The molecule has 0 rings (SSSR count). The first-order chi connectivity index (χ1) is 3.06. The van der Waals surface area contributed by atoms with Crippen LogP contribution in [0.15, 0.2) is 0 Å². The summed E-state index contributed by atoms with van der Waals surface area (Å²) < 4.78 is 9.93. The van der Waals surface area contributed by atoms with E-state index < -0.39 is 7.60 Å². The monoisotopic (exact) mass is 160 g/mol. The highest BCUT2D eigenvalue weighted by molar-refractivity contribution is 7.51. The summed E-state index contributed by atoms with van der Waals surface area (Å²) in [6.45, 7) is 1.74. The van der Waals surface area contributed by atoms with Gasteiger partial charge in [0.25, 0.3) is 0 Å². The van der Waals surface area contributed by atoms with Crippen LogP contribution >= 0.6 is 20.0 Å². The fourth-order valence-electron chi connectivity index (χ4n) is 0.291. The lowest BCUT2D eigenvalue weighted by atomic mass is 10.6. The molecule has 0 bridgehead atoms. The van der Waals surface area contributed by atoms with Gasteiger partial charge in [-0.2, -0.15) is 0 Å². The molecule has 0 unspecified atom stereocenters. The Morgan fingerprint density at radius 3 is 1.88 bits per heavy atom. The van der Waals surface area contributed by atoms with Crippen LogP contribution in [-0.4, -0.2) is 15.9 Å². The summed E-state index contributed by atoms with van der Waals surface area (Å²) in [6.07, 6.45) is 0.553. The molecule has 0 aromatic heterocycles. The molecule has 5 heteroatoms. The summed E-state index contributed by atoms with van der Waals surface area (Å²) in [7, 11) is -3.67. The first-order valence-corrected chi connectivity index (χ1v) is 3.90. The molecule has 0 amide bonds. The Kier molecular flexibility index (Phi) is 6.10. The summed E-state index contributed by atoms with van der Waals surface area (Å²) in [5.41, 5.74) is 0. The Bertz CT molecular complexity index is 88.5. The maximum absolute atomic E-state index is 9.93. The highest BCUT2D eigenvalue weighted by Crippen LogP contribution is 2.34. The van der Waals surface area contributed by atoms with E-state index in [1.54, 1.807) is 6.92 Å². The van der Waals surface area contributed by atoms with Crippen molar-refractivity contribution < 1.29 is 14.4 Å². The van der Waals surface area contributed by atoms with Crippen LogP contribution in [0.3, 0.4) is 0 Å². The molecule has 0 aliphatic heterocycles. The lowest BCUT2D eigenvalue weighted by Crippen LogP contribution is -1.82. The third kappa shape index (κ3) is 9.67. The van der Waals surface area contributed by atoms with Crippen LogP contribution in [0.25, 0.3) is 0 Å². The molecule has 0 aliphatic rings. The van der Waals surface area contributed by atoms with Crippen molar-refractivity contribution in [2.45, 2.75) is 13.3 Å². The van der Waals surface area contributed by atoms with Crippen molar-refractivity contribution in [3.63, 3.8) is 0 Å². The van der Waals surface area contributed by atoms with Crippen molar-refractivity contribution >= 4 is 20.0 Å². The summed E-state index contributed by atoms with van der Waals surface area (Å²) in [5, 5.41) is 0. The zero-order chi connectivity index (χ0) is 5.91. The summed E-state index contributed by atoms with van der Waals surface area (Å²) in [5.74, 6) is 0. The summed E-state index contributed by atoms with van der Waals surface area (Å²) in [6, 6.07) is 0. The van der Waals surface area contributed by atoms with Gasteiger partial charge in [0.15, 0.2) is 0 Å². The van der Waals surface area contributed by atoms with Crippen molar-refractivity contribution in [1.82, 2.24) is 0 Å². The number of hydrogen-bond acceptors (Lipinski definition) is 1. The third-order valence-electron chi connectivity index (χ3n) is 0.515. The Balaban J connectivity index is 0. The second kappa shape index (κ2) is 4.33. The summed E-state index contributed by atoms with van der Waals surface area (Å²) in [4.78, 5) is 16.3. The molecule has 0 heterocycles. The minimum absolute atomic E-state index is 0. The fourth-order valence-corrected chi connectivity index (χ4v) is 0.874. The van der Waals surface area contributed by atoms with Crippen molar-refractivity contribution in [2.24, 2.45) is 0 Å². The van der Waals surface area contributed by atoms with E-state index in [0.29, 0.717) is 6.42 Å². The number of rotatable bonds is 2. The molecule has 0 saturated carbocycles. The van der Waals surface area contributed by atoms with Crippen molar-refractivity contribution in [3.05, 3.63) is 0 Å². The SMILES string of the molecule is CCCP(=O)(O)O.Cl. The smallest absolute Gasteiger partial charge is 0.324 e. The molecule has 0 saturated heterocycles. The first kappa shape index (κ1) is 11.3. The van der Waals surface area contributed by atoms with E-state index in [4.69, 9.17) is 9.79 Å². The van der Waals surface area contributed by atoms with Gasteiger partial charge in [0.1, 0.15) is 0 Å². The Labute approximate surface area is 54.7 Å². The van der Waals surface area contributed by atoms with Gasteiger partial charge >= 0.3 is 7.60 Å². The molecular formula is C3H10ClO3P.